The lowest BCUT2D eigenvalue weighted by molar-refractivity contribution is 0.0901. The zero-order valence-corrected chi connectivity index (χ0v) is 23.3. The summed E-state index contributed by atoms with van der Waals surface area (Å²) in [6.07, 6.45) is 4.14. The Kier molecular flexibility index (Phi) is 8.16. The number of aromatic nitrogens is 3. The SMILES string of the molecule is CC(C)C[C@@H](CO)NC(=O)c1c(-c2ccsc2)nc2c(C(=O)NCc3ccc(-c4ccccn4)s3)cccn12. The fraction of sp³-hybridized carbons (Fsp3) is 0.241. The number of amides is 2. The van der Waals surface area contributed by atoms with E-state index < -0.39 is 0 Å². The van der Waals surface area contributed by atoms with E-state index in [0.29, 0.717) is 41.5 Å². The van der Waals surface area contributed by atoms with Gasteiger partial charge in [-0.3, -0.25) is 19.0 Å². The summed E-state index contributed by atoms with van der Waals surface area (Å²) in [6.45, 7) is 4.28. The average Bonchev–Trinajstić information content (AvgIpc) is 3.71. The van der Waals surface area contributed by atoms with Crippen molar-refractivity contribution in [3.8, 4) is 21.8 Å². The van der Waals surface area contributed by atoms with Gasteiger partial charge in [-0.05, 0) is 60.2 Å². The molecule has 10 heteroatoms. The van der Waals surface area contributed by atoms with Gasteiger partial charge in [0.2, 0.25) is 0 Å². The fourth-order valence-corrected chi connectivity index (χ4v) is 6.01. The van der Waals surface area contributed by atoms with E-state index in [-0.39, 0.29) is 24.5 Å². The number of nitrogens with one attached hydrogen (secondary N) is 2. The quantitative estimate of drug-likeness (QED) is 0.217. The van der Waals surface area contributed by atoms with Gasteiger partial charge in [-0.15, -0.1) is 11.3 Å². The first kappa shape index (κ1) is 26.7. The van der Waals surface area contributed by atoms with Gasteiger partial charge in [-0.2, -0.15) is 11.3 Å². The molecule has 0 saturated heterocycles. The van der Waals surface area contributed by atoms with Crippen LogP contribution in [0.2, 0.25) is 0 Å². The van der Waals surface area contributed by atoms with Crippen molar-refractivity contribution in [1.82, 2.24) is 25.0 Å². The number of nitrogens with zero attached hydrogens (tertiary/aromatic N) is 3. The number of thiophene rings is 2. The lowest BCUT2D eigenvalue weighted by Gasteiger charge is -2.18. The van der Waals surface area contributed by atoms with Crippen molar-refractivity contribution in [3.05, 3.63) is 87.8 Å². The van der Waals surface area contributed by atoms with E-state index in [2.05, 4.69) is 15.6 Å². The number of carbonyl (C=O) groups excluding carboxylic acids is 2. The van der Waals surface area contributed by atoms with Crippen LogP contribution in [-0.4, -0.2) is 43.9 Å². The third-order valence-corrected chi connectivity index (χ3v) is 8.01. The summed E-state index contributed by atoms with van der Waals surface area (Å²) in [6, 6.07) is 14.7. The molecule has 200 valence electrons. The number of imidazole rings is 1. The van der Waals surface area contributed by atoms with Crippen LogP contribution in [0.3, 0.4) is 0 Å². The first-order chi connectivity index (χ1) is 18.9. The zero-order chi connectivity index (χ0) is 27.4. The molecule has 1 atom stereocenters. The second-order valence-corrected chi connectivity index (χ2v) is 11.5. The Hall–Kier alpha value is -3.86. The van der Waals surface area contributed by atoms with Gasteiger partial charge in [0.25, 0.3) is 11.8 Å². The molecule has 0 aromatic carbocycles. The Morgan fingerprint density at radius 2 is 1.95 bits per heavy atom. The molecular weight excluding hydrogens is 530 g/mol. The minimum Gasteiger partial charge on any atom is -0.394 e. The van der Waals surface area contributed by atoms with Gasteiger partial charge in [-0.1, -0.05) is 19.9 Å². The number of hydrogen-bond donors (Lipinski definition) is 3. The summed E-state index contributed by atoms with van der Waals surface area (Å²) < 4.78 is 1.66. The van der Waals surface area contributed by atoms with E-state index in [1.54, 1.807) is 40.3 Å². The minimum absolute atomic E-state index is 0.160. The average molecular weight is 560 g/mol. The largest absolute Gasteiger partial charge is 0.394 e. The van der Waals surface area contributed by atoms with Crippen LogP contribution < -0.4 is 10.6 Å². The molecule has 39 heavy (non-hydrogen) atoms. The Balaban J connectivity index is 1.43. The third-order valence-electron chi connectivity index (χ3n) is 6.22. The van der Waals surface area contributed by atoms with E-state index in [1.807, 2.05) is 61.0 Å². The Bertz CT molecular complexity index is 1580. The molecule has 0 spiro atoms. The van der Waals surface area contributed by atoms with Gasteiger partial charge in [-0.25, -0.2) is 4.98 Å². The van der Waals surface area contributed by atoms with Crippen LogP contribution in [0.1, 0.15) is 46.0 Å². The number of pyridine rings is 2. The van der Waals surface area contributed by atoms with Crippen molar-refractivity contribution in [2.24, 2.45) is 5.92 Å². The van der Waals surface area contributed by atoms with E-state index >= 15 is 0 Å². The molecule has 0 fully saturated rings. The summed E-state index contributed by atoms with van der Waals surface area (Å²) in [5.74, 6) is -0.323. The summed E-state index contributed by atoms with van der Waals surface area (Å²) in [5.41, 5.74) is 3.28. The van der Waals surface area contributed by atoms with Gasteiger partial charge in [0.1, 0.15) is 11.4 Å². The maximum atomic E-state index is 13.5. The Morgan fingerprint density at radius 1 is 1.08 bits per heavy atom. The van der Waals surface area contributed by atoms with Crippen LogP contribution in [0.5, 0.6) is 0 Å². The van der Waals surface area contributed by atoms with Gasteiger partial charge >= 0.3 is 0 Å². The molecule has 0 saturated carbocycles. The molecule has 0 bridgehead atoms. The predicted octanol–water partition coefficient (Wildman–Crippen LogP) is 5.25. The summed E-state index contributed by atoms with van der Waals surface area (Å²) in [4.78, 5) is 38.0. The Morgan fingerprint density at radius 3 is 2.67 bits per heavy atom. The van der Waals surface area contributed by atoms with Crippen molar-refractivity contribution in [1.29, 1.82) is 0 Å². The molecule has 0 aliphatic carbocycles. The lowest BCUT2D eigenvalue weighted by atomic mass is 10.0. The van der Waals surface area contributed by atoms with Gasteiger partial charge < -0.3 is 15.7 Å². The van der Waals surface area contributed by atoms with E-state index in [9.17, 15) is 14.7 Å². The van der Waals surface area contributed by atoms with Crippen LogP contribution in [0.15, 0.2) is 71.7 Å². The maximum absolute atomic E-state index is 13.5. The molecule has 3 N–H and O–H groups in total. The second-order valence-electron chi connectivity index (χ2n) is 9.58. The van der Waals surface area contributed by atoms with Crippen LogP contribution in [0.4, 0.5) is 0 Å². The number of aliphatic hydroxyl groups is 1. The normalized spacial score (nSPS) is 12.1. The van der Waals surface area contributed by atoms with Crippen LogP contribution in [0.25, 0.3) is 27.5 Å². The predicted molar refractivity (Wildman–Crippen MR) is 155 cm³/mol. The van der Waals surface area contributed by atoms with E-state index in [0.717, 1.165) is 21.0 Å². The van der Waals surface area contributed by atoms with E-state index in [4.69, 9.17) is 4.98 Å². The van der Waals surface area contributed by atoms with Crippen molar-refractivity contribution in [2.75, 3.05) is 6.61 Å². The van der Waals surface area contributed by atoms with Gasteiger partial charge in [0.05, 0.1) is 35.3 Å². The number of aliphatic hydroxyl groups excluding tert-OH is 1. The van der Waals surface area contributed by atoms with Crippen molar-refractivity contribution < 1.29 is 14.7 Å². The molecule has 2 amide bonds. The highest BCUT2D eigenvalue weighted by molar-refractivity contribution is 7.15. The molecule has 0 aliphatic heterocycles. The van der Waals surface area contributed by atoms with E-state index in [1.165, 1.54) is 11.3 Å². The lowest BCUT2D eigenvalue weighted by Crippen LogP contribution is -2.39. The fourth-order valence-electron chi connectivity index (χ4n) is 4.45. The molecule has 5 aromatic rings. The second kappa shape index (κ2) is 11.9. The minimum atomic E-state index is -0.383. The number of fused-ring (bicyclic) bond motifs is 1. The maximum Gasteiger partial charge on any atom is 0.270 e. The van der Waals surface area contributed by atoms with Gasteiger partial charge in [0, 0.05) is 28.2 Å². The van der Waals surface area contributed by atoms with Crippen molar-refractivity contribution >= 4 is 40.1 Å². The molecule has 5 aromatic heterocycles. The zero-order valence-electron chi connectivity index (χ0n) is 21.6. The Labute approximate surface area is 234 Å². The smallest absolute Gasteiger partial charge is 0.270 e. The standard InChI is InChI=1S/C29H29N5O3S2/c1-18(2)14-20(16-35)32-29(37)26-25(19-10-13-38-17-19)33-27-22(6-5-12-34(26)27)28(36)31-15-21-8-9-24(39-21)23-7-3-4-11-30-23/h3-13,17-18,20,35H,14-16H2,1-2H3,(H,31,36)(H,32,37)/t20-/m0/s1. The first-order valence-corrected chi connectivity index (χ1v) is 14.4. The van der Waals surface area contributed by atoms with Crippen molar-refractivity contribution in [3.63, 3.8) is 0 Å². The number of rotatable bonds is 10. The molecular formula is C29H29N5O3S2. The topological polar surface area (TPSA) is 109 Å². The molecule has 8 nitrogen and oxygen atoms in total. The molecule has 5 heterocycles. The summed E-state index contributed by atoms with van der Waals surface area (Å²) >= 11 is 3.08. The molecule has 0 radical (unpaired) electrons. The molecule has 5 rings (SSSR count). The van der Waals surface area contributed by atoms with Gasteiger partial charge in [0.15, 0.2) is 5.65 Å². The van der Waals surface area contributed by atoms with Crippen LogP contribution in [-0.2, 0) is 6.54 Å². The van der Waals surface area contributed by atoms with Crippen LogP contribution in [0, 0.1) is 5.92 Å². The third kappa shape index (κ3) is 5.93. The highest BCUT2D eigenvalue weighted by Crippen LogP contribution is 2.29. The summed E-state index contributed by atoms with van der Waals surface area (Å²) in [7, 11) is 0. The molecule has 0 aliphatic rings. The number of carbonyl (C=O) groups is 2. The highest BCUT2D eigenvalue weighted by Gasteiger charge is 2.25. The van der Waals surface area contributed by atoms with Crippen molar-refractivity contribution in [2.45, 2.75) is 32.9 Å². The highest BCUT2D eigenvalue weighted by atomic mass is 32.1. The number of hydrogen-bond acceptors (Lipinski definition) is 7. The monoisotopic (exact) mass is 559 g/mol. The summed E-state index contributed by atoms with van der Waals surface area (Å²) in [5, 5.41) is 19.6. The molecule has 0 unspecified atom stereocenters. The first-order valence-electron chi connectivity index (χ1n) is 12.7. The van der Waals surface area contributed by atoms with Crippen LogP contribution >= 0.6 is 22.7 Å².